The van der Waals surface area contributed by atoms with Gasteiger partial charge in [0.1, 0.15) is 11.6 Å². The molecule has 0 aliphatic rings. The number of rotatable bonds is 8. The van der Waals surface area contributed by atoms with Crippen molar-refractivity contribution in [2.75, 3.05) is 17.2 Å². The Morgan fingerprint density at radius 3 is 2.78 bits per heavy atom. The Morgan fingerprint density at radius 2 is 2.07 bits per heavy atom. The van der Waals surface area contributed by atoms with Gasteiger partial charge in [-0.2, -0.15) is 10.1 Å². The molecule has 0 bridgehead atoms. The molecular formula is C17H18ClN7O2. The van der Waals surface area contributed by atoms with Crippen LogP contribution in [-0.2, 0) is 11.3 Å². The van der Waals surface area contributed by atoms with E-state index in [2.05, 4.69) is 25.7 Å². The lowest BCUT2D eigenvalue weighted by molar-refractivity contribution is -0.118. The van der Waals surface area contributed by atoms with Gasteiger partial charge in [-0.25, -0.2) is 4.98 Å². The quantitative estimate of drug-likeness (QED) is 0.462. The zero-order valence-corrected chi connectivity index (χ0v) is 15.0. The molecule has 5 N–H and O–H groups in total. The third kappa shape index (κ3) is 4.93. The van der Waals surface area contributed by atoms with Crippen molar-refractivity contribution in [3.63, 3.8) is 0 Å². The van der Waals surface area contributed by atoms with Gasteiger partial charge in [0.2, 0.25) is 11.9 Å². The van der Waals surface area contributed by atoms with Gasteiger partial charge in [-0.1, -0.05) is 41.9 Å². The molecule has 10 heteroatoms. The van der Waals surface area contributed by atoms with Gasteiger partial charge >= 0.3 is 0 Å². The molecule has 0 aliphatic carbocycles. The zero-order valence-electron chi connectivity index (χ0n) is 14.2. The van der Waals surface area contributed by atoms with E-state index in [4.69, 9.17) is 17.3 Å². The lowest BCUT2D eigenvalue weighted by atomic mass is 10.1. The summed E-state index contributed by atoms with van der Waals surface area (Å²) in [6.45, 7) is -0.155. The molecule has 2 aromatic heterocycles. The first-order valence-corrected chi connectivity index (χ1v) is 8.45. The van der Waals surface area contributed by atoms with Crippen LogP contribution in [0.25, 0.3) is 0 Å². The Labute approximate surface area is 160 Å². The Kier molecular flexibility index (Phi) is 5.84. The molecule has 0 aliphatic heterocycles. The average Bonchev–Trinajstić information content (AvgIpc) is 3.09. The third-order valence-corrected chi connectivity index (χ3v) is 3.92. The number of hydrogen-bond donors (Lipinski definition) is 4. The smallest absolute Gasteiger partial charge is 0.239 e. The third-order valence-electron chi connectivity index (χ3n) is 3.65. The Morgan fingerprint density at radius 1 is 1.30 bits per heavy atom. The van der Waals surface area contributed by atoms with E-state index in [9.17, 15) is 9.90 Å². The molecule has 2 heterocycles. The highest BCUT2D eigenvalue weighted by molar-refractivity contribution is 6.32. The number of amides is 1. The number of benzene rings is 1. The predicted octanol–water partition coefficient (Wildman–Crippen LogP) is 1.70. The molecule has 3 rings (SSSR count). The van der Waals surface area contributed by atoms with Gasteiger partial charge in [-0.05, 0) is 5.56 Å². The monoisotopic (exact) mass is 387 g/mol. The van der Waals surface area contributed by atoms with E-state index in [1.54, 1.807) is 6.20 Å². The molecule has 3 aromatic rings. The summed E-state index contributed by atoms with van der Waals surface area (Å²) in [5.41, 5.74) is 6.63. The van der Waals surface area contributed by atoms with Crippen molar-refractivity contribution >= 4 is 35.0 Å². The van der Waals surface area contributed by atoms with Crippen LogP contribution in [0.5, 0.6) is 0 Å². The van der Waals surface area contributed by atoms with Crippen LogP contribution in [-0.4, -0.2) is 37.4 Å². The normalized spacial score (nSPS) is 11.8. The second-order valence-electron chi connectivity index (χ2n) is 5.70. The van der Waals surface area contributed by atoms with Gasteiger partial charge in [-0.15, -0.1) is 0 Å². The zero-order chi connectivity index (χ0) is 19.2. The topological polar surface area (TPSA) is 131 Å². The predicted molar refractivity (Wildman–Crippen MR) is 102 cm³/mol. The highest BCUT2D eigenvalue weighted by Crippen LogP contribution is 2.25. The van der Waals surface area contributed by atoms with Crippen LogP contribution in [0, 0.1) is 0 Å². The first-order valence-electron chi connectivity index (χ1n) is 8.08. The van der Waals surface area contributed by atoms with Crippen LogP contribution < -0.4 is 16.4 Å². The molecule has 9 nitrogen and oxygen atoms in total. The van der Waals surface area contributed by atoms with Crippen LogP contribution in [0.1, 0.15) is 11.6 Å². The van der Waals surface area contributed by atoms with E-state index in [0.717, 1.165) is 5.56 Å². The summed E-state index contributed by atoms with van der Waals surface area (Å²) in [6.07, 6.45) is 4.58. The summed E-state index contributed by atoms with van der Waals surface area (Å²) in [6, 6.07) is 9.10. The summed E-state index contributed by atoms with van der Waals surface area (Å²) in [7, 11) is 0. The molecule has 140 valence electrons. The highest BCUT2D eigenvalue weighted by Gasteiger charge is 2.14. The molecule has 0 saturated heterocycles. The summed E-state index contributed by atoms with van der Waals surface area (Å²) in [4.78, 5) is 19.4. The fourth-order valence-electron chi connectivity index (χ4n) is 2.42. The standard InChI is InChI=1S/C17H18ClN7O2/c18-13-7-20-17(22-12-6-21-25(8-12)9-15(19)27)24-16(13)23-14(10-26)11-4-2-1-3-5-11/h1-8,14,26H,9-10H2,(H2,19,27)(H2,20,22,23,24). The van der Waals surface area contributed by atoms with Crippen molar-refractivity contribution in [3.8, 4) is 0 Å². The minimum absolute atomic E-state index is 0.0226. The van der Waals surface area contributed by atoms with E-state index < -0.39 is 5.91 Å². The maximum Gasteiger partial charge on any atom is 0.239 e. The molecule has 0 fully saturated rings. The first-order chi connectivity index (χ1) is 13.0. The number of nitrogens with one attached hydrogen (secondary N) is 2. The van der Waals surface area contributed by atoms with E-state index in [1.165, 1.54) is 17.1 Å². The van der Waals surface area contributed by atoms with Gasteiger partial charge in [0.05, 0.1) is 30.7 Å². The number of nitrogens with two attached hydrogens (primary N) is 1. The lowest BCUT2D eigenvalue weighted by Crippen LogP contribution is -2.18. The SMILES string of the molecule is NC(=O)Cn1cc(Nc2ncc(Cl)c(NC(CO)c3ccccc3)n2)cn1. The molecule has 0 radical (unpaired) electrons. The molecule has 27 heavy (non-hydrogen) atoms. The minimum atomic E-state index is -0.491. The first kappa shape index (κ1) is 18.6. The Balaban J connectivity index is 1.75. The van der Waals surface area contributed by atoms with Gasteiger partial charge in [-0.3, -0.25) is 9.48 Å². The van der Waals surface area contributed by atoms with Crippen LogP contribution in [0.4, 0.5) is 17.5 Å². The fraction of sp³-hybridized carbons (Fsp3) is 0.176. The van der Waals surface area contributed by atoms with Crippen molar-refractivity contribution in [1.29, 1.82) is 0 Å². The van der Waals surface area contributed by atoms with Gasteiger partial charge in [0.25, 0.3) is 0 Å². The molecule has 0 saturated carbocycles. The molecule has 1 aromatic carbocycles. The van der Waals surface area contributed by atoms with Crippen LogP contribution in [0.15, 0.2) is 48.9 Å². The number of aliphatic hydroxyl groups excluding tert-OH is 1. The van der Waals surface area contributed by atoms with Crippen LogP contribution in [0.3, 0.4) is 0 Å². The van der Waals surface area contributed by atoms with Crippen molar-refractivity contribution < 1.29 is 9.90 Å². The number of halogens is 1. The number of nitrogens with zero attached hydrogens (tertiary/aromatic N) is 4. The van der Waals surface area contributed by atoms with Gasteiger partial charge in [0.15, 0.2) is 5.82 Å². The van der Waals surface area contributed by atoms with Crippen molar-refractivity contribution in [3.05, 3.63) is 59.5 Å². The van der Waals surface area contributed by atoms with Gasteiger partial charge < -0.3 is 21.5 Å². The average molecular weight is 388 g/mol. The van der Waals surface area contributed by atoms with Crippen LogP contribution >= 0.6 is 11.6 Å². The molecule has 1 atom stereocenters. The van der Waals surface area contributed by atoms with E-state index in [1.807, 2.05) is 30.3 Å². The van der Waals surface area contributed by atoms with Crippen molar-refractivity contribution in [2.24, 2.45) is 5.73 Å². The number of primary amides is 1. The summed E-state index contributed by atoms with van der Waals surface area (Å²) in [5, 5.41) is 20.1. The van der Waals surface area contributed by atoms with Gasteiger partial charge in [0, 0.05) is 6.20 Å². The van der Waals surface area contributed by atoms with E-state index >= 15 is 0 Å². The maximum atomic E-state index is 10.9. The lowest BCUT2D eigenvalue weighted by Gasteiger charge is -2.18. The Hall–Kier alpha value is -3.17. The number of hydrogen-bond acceptors (Lipinski definition) is 7. The maximum absolute atomic E-state index is 10.9. The highest BCUT2D eigenvalue weighted by atomic mass is 35.5. The summed E-state index contributed by atoms with van der Waals surface area (Å²) in [5.74, 6) is 0.168. The second-order valence-corrected chi connectivity index (χ2v) is 6.11. The summed E-state index contributed by atoms with van der Waals surface area (Å²) >= 11 is 6.18. The molecule has 1 unspecified atom stereocenters. The van der Waals surface area contributed by atoms with Crippen molar-refractivity contribution in [2.45, 2.75) is 12.6 Å². The van der Waals surface area contributed by atoms with E-state index in [-0.39, 0.29) is 25.1 Å². The van der Waals surface area contributed by atoms with Crippen LogP contribution in [0.2, 0.25) is 5.02 Å². The molecule has 0 spiro atoms. The molecular weight excluding hydrogens is 370 g/mol. The largest absolute Gasteiger partial charge is 0.394 e. The summed E-state index contributed by atoms with van der Waals surface area (Å²) < 4.78 is 1.40. The number of carbonyl (C=O) groups is 1. The number of aromatic nitrogens is 4. The van der Waals surface area contributed by atoms with Crippen molar-refractivity contribution in [1.82, 2.24) is 19.7 Å². The minimum Gasteiger partial charge on any atom is -0.394 e. The number of carbonyl (C=O) groups excluding carboxylic acids is 1. The Bertz CT molecular complexity index is 917. The fourth-order valence-corrected chi connectivity index (χ4v) is 2.56. The number of aliphatic hydroxyl groups is 1. The van der Waals surface area contributed by atoms with E-state index in [0.29, 0.717) is 16.5 Å². The molecule has 1 amide bonds. The second kappa shape index (κ2) is 8.47. The number of anilines is 3.